The monoisotopic (exact) mass is 243 g/mol. The highest BCUT2D eigenvalue weighted by Gasteiger charge is 2.37. The van der Waals surface area contributed by atoms with Gasteiger partial charge in [-0.2, -0.15) is 4.90 Å². The van der Waals surface area contributed by atoms with Crippen LogP contribution in [0.4, 0.5) is 4.79 Å². The Labute approximate surface area is 95.8 Å². The van der Waals surface area contributed by atoms with E-state index < -0.39 is 26.0 Å². The van der Waals surface area contributed by atoms with Crippen LogP contribution in [0.15, 0.2) is 0 Å². The molecule has 6 heteroatoms. The number of hydrogen-bond donors (Lipinski definition) is 0. The Morgan fingerprint density at radius 3 is 2.06 bits per heavy atom. The van der Waals surface area contributed by atoms with Crippen LogP contribution in [-0.4, -0.2) is 36.6 Å². The maximum absolute atomic E-state index is 11.6. The van der Waals surface area contributed by atoms with Crippen LogP contribution < -0.4 is 0 Å². The molecule has 0 saturated carbocycles. The number of hydrogen-bond acceptors (Lipinski definition) is 4. The molecule has 0 aromatic rings. The van der Waals surface area contributed by atoms with Crippen molar-refractivity contribution < 1.29 is 19.1 Å². The van der Waals surface area contributed by atoms with Crippen LogP contribution in [0.25, 0.3) is 0 Å². The normalized spacial score (nSPS) is 18.9. The Morgan fingerprint density at radius 2 is 1.69 bits per heavy atom. The Bertz CT molecular complexity index is 318. The van der Waals surface area contributed by atoms with E-state index in [0.717, 1.165) is 0 Å². The van der Waals surface area contributed by atoms with Gasteiger partial charge in [0, 0.05) is 12.8 Å². The van der Waals surface area contributed by atoms with E-state index in [1.54, 1.807) is 6.92 Å². The standard InChI is InChI=1S/C10H17NO4Si/c1-7(16(2,3)4)15-10(14)11-8(12)5-6-9(11)13/h7H,5-6H2,1-4H3. The van der Waals surface area contributed by atoms with E-state index in [0.29, 0.717) is 4.90 Å². The zero-order valence-corrected chi connectivity index (χ0v) is 11.1. The van der Waals surface area contributed by atoms with Crippen molar-refractivity contribution in [2.75, 3.05) is 0 Å². The second kappa shape index (κ2) is 4.37. The molecule has 1 fully saturated rings. The molecular formula is C10H17NO4Si. The van der Waals surface area contributed by atoms with Crippen molar-refractivity contribution in [3.63, 3.8) is 0 Å². The van der Waals surface area contributed by atoms with E-state index in [-0.39, 0.29) is 18.6 Å². The first kappa shape index (κ1) is 12.9. The minimum absolute atomic E-state index is 0.106. The third-order valence-corrected chi connectivity index (χ3v) is 5.29. The van der Waals surface area contributed by atoms with E-state index in [1.165, 1.54) is 0 Å². The fourth-order valence-electron chi connectivity index (χ4n) is 1.16. The molecule has 0 aromatic heterocycles. The van der Waals surface area contributed by atoms with Crippen molar-refractivity contribution in [2.45, 2.75) is 45.1 Å². The van der Waals surface area contributed by atoms with Gasteiger partial charge in [0.05, 0.1) is 13.8 Å². The van der Waals surface area contributed by atoms with Gasteiger partial charge in [0.1, 0.15) is 0 Å². The van der Waals surface area contributed by atoms with Crippen LogP contribution in [0.2, 0.25) is 19.6 Å². The van der Waals surface area contributed by atoms with Gasteiger partial charge in [-0.25, -0.2) is 4.79 Å². The minimum Gasteiger partial charge on any atom is -0.450 e. The number of ether oxygens (including phenoxy) is 1. The van der Waals surface area contributed by atoms with Gasteiger partial charge in [-0.3, -0.25) is 9.59 Å². The third kappa shape index (κ3) is 2.69. The number of imide groups is 3. The fourth-order valence-corrected chi connectivity index (χ4v) is 1.62. The summed E-state index contributed by atoms with van der Waals surface area (Å²) in [6.45, 7) is 7.96. The van der Waals surface area contributed by atoms with Crippen molar-refractivity contribution >= 4 is 26.0 Å². The predicted octanol–water partition coefficient (Wildman–Crippen LogP) is 1.54. The molecule has 16 heavy (non-hydrogen) atoms. The molecule has 0 aliphatic carbocycles. The summed E-state index contributed by atoms with van der Waals surface area (Å²) in [5.41, 5.74) is -0.221. The third-order valence-electron chi connectivity index (χ3n) is 2.73. The maximum Gasteiger partial charge on any atom is 0.423 e. The minimum atomic E-state index is -1.61. The topological polar surface area (TPSA) is 63.7 Å². The van der Waals surface area contributed by atoms with Crippen molar-refractivity contribution in [1.29, 1.82) is 0 Å². The van der Waals surface area contributed by atoms with E-state index >= 15 is 0 Å². The first-order chi connectivity index (χ1) is 7.23. The molecule has 0 radical (unpaired) electrons. The van der Waals surface area contributed by atoms with Crippen LogP contribution in [0.3, 0.4) is 0 Å². The van der Waals surface area contributed by atoms with E-state index in [1.807, 2.05) is 0 Å². The van der Waals surface area contributed by atoms with Gasteiger partial charge < -0.3 is 4.74 Å². The van der Waals surface area contributed by atoms with Crippen molar-refractivity contribution in [3.05, 3.63) is 0 Å². The molecule has 1 aliphatic rings. The number of likely N-dealkylation sites (tertiary alicyclic amines) is 1. The first-order valence-corrected chi connectivity index (χ1v) is 8.87. The van der Waals surface area contributed by atoms with Gasteiger partial charge in [-0.05, 0) is 6.92 Å². The van der Waals surface area contributed by atoms with Crippen LogP contribution >= 0.6 is 0 Å². The zero-order chi connectivity index (χ0) is 12.5. The van der Waals surface area contributed by atoms with Gasteiger partial charge in [0.25, 0.3) is 0 Å². The van der Waals surface area contributed by atoms with Gasteiger partial charge in [0.2, 0.25) is 11.8 Å². The number of amides is 3. The molecule has 1 rings (SSSR count). The SMILES string of the molecule is CC(OC(=O)N1C(=O)CCC1=O)[Si](C)(C)C. The molecular weight excluding hydrogens is 226 g/mol. The Balaban J connectivity index is 2.66. The fraction of sp³-hybridized carbons (Fsp3) is 0.700. The molecule has 0 spiro atoms. The van der Waals surface area contributed by atoms with Crippen molar-refractivity contribution in [3.8, 4) is 0 Å². The highest BCUT2D eigenvalue weighted by molar-refractivity contribution is 6.77. The molecule has 1 heterocycles. The number of carbonyl (C=O) groups excluding carboxylic acids is 3. The average molecular weight is 243 g/mol. The zero-order valence-electron chi connectivity index (χ0n) is 10.1. The molecule has 0 bridgehead atoms. The molecule has 0 N–H and O–H groups in total. The van der Waals surface area contributed by atoms with Gasteiger partial charge in [0.15, 0.2) is 0 Å². The summed E-state index contributed by atoms with van der Waals surface area (Å²) in [7, 11) is -1.61. The number of nitrogens with zero attached hydrogens (tertiary/aromatic N) is 1. The quantitative estimate of drug-likeness (QED) is 0.545. The van der Waals surface area contributed by atoms with Crippen LogP contribution in [0.1, 0.15) is 19.8 Å². The lowest BCUT2D eigenvalue weighted by Crippen LogP contribution is -2.44. The van der Waals surface area contributed by atoms with Crippen molar-refractivity contribution in [2.24, 2.45) is 0 Å². The lowest BCUT2D eigenvalue weighted by Gasteiger charge is -2.26. The summed E-state index contributed by atoms with van der Waals surface area (Å²) < 4.78 is 5.15. The summed E-state index contributed by atoms with van der Waals surface area (Å²) in [6, 6.07) is 0. The second-order valence-electron chi connectivity index (χ2n) is 5.01. The molecule has 3 amide bonds. The number of carbonyl (C=O) groups is 3. The van der Waals surface area contributed by atoms with E-state index in [9.17, 15) is 14.4 Å². The highest BCUT2D eigenvalue weighted by atomic mass is 28.3. The Hall–Kier alpha value is -1.17. The molecule has 1 atom stereocenters. The molecule has 1 unspecified atom stereocenters. The second-order valence-corrected chi connectivity index (χ2v) is 10.6. The first-order valence-electron chi connectivity index (χ1n) is 5.30. The molecule has 1 aliphatic heterocycles. The summed E-state index contributed by atoms with van der Waals surface area (Å²) in [6.07, 6.45) is -0.604. The summed E-state index contributed by atoms with van der Waals surface area (Å²) in [4.78, 5) is 34.8. The van der Waals surface area contributed by atoms with Crippen LogP contribution in [0.5, 0.6) is 0 Å². The smallest absolute Gasteiger partial charge is 0.423 e. The Kier molecular flexibility index (Phi) is 3.52. The van der Waals surface area contributed by atoms with E-state index in [2.05, 4.69) is 19.6 Å². The van der Waals surface area contributed by atoms with Gasteiger partial charge >= 0.3 is 6.09 Å². The molecule has 90 valence electrons. The molecule has 5 nitrogen and oxygen atoms in total. The maximum atomic E-state index is 11.6. The van der Waals surface area contributed by atoms with Gasteiger partial charge in [-0.1, -0.05) is 19.6 Å². The lowest BCUT2D eigenvalue weighted by atomic mass is 10.4. The van der Waals surface area contributed by atoms with Gasteiger partial charge in [-0.15, -0.1) is 0 Å². The highest BCUT2D eigenvalue weighted by Crippen LogP contribution is 2.17. The summed E-state index contributed by atoms with van der Waals surface area (Å²) in [5, 5.41) is 0. The average Bonchev–Trinajstić information content (AvgIpc) is 2.44. The van der Waals surface area contributed by atoms with E-state index in [4.69, 9.17) is 4.74 Å². The van der Waals surface area contributed by atoms with Crippen LogP contribution in [0, 0.1) is 0 Å². The lowest BCUT2D eigenvalue weighted by molar-refractivity contribution is -0.136. The van der Waals surface area contributed by atoms with Crippen molar-refractivity contribution in [1.82, 2.24) is 4.90 Å². The molecule has 1 saturated heterocycles. The predicted molar refractivity (Wildman–Crippen MR) is 60.4 cm³/mol. The molecule has 0 aromatic carbocycles. The summed E-state index contributed by atoms with van der Waals surface area (Å²) in [5.74, 6) is -0.921. The Morgan fingerprint density at radius 1 is 1.25 bits per heavy atom. The van der Waals surface area contributed by atoms with Crippen LogP contribution in [-0.2, 0) is 14.3 Å². The summed E-state index contributed by atoms with van der Waals surface area (Å²) >= 11 is 0. The largest absolute Gasteiger partial charge is 0.450 e. The number of rotatable bonds is 2.